The van der Waals surface area contributed by atoms with Gasteiger partial charge in [-0.3, -0.25) is 0 Å². The summed E-state index contributed by atoms with van der Waals surface area (Å²) >= 11 is 0. The van der Waals surface area contributed by atoms with Gasteiger partial charge in [0.05, 0.1) is 6.10 Å². The number of aryl methyl sites for hydroxylation is 1. The Morgan fingerprint density at radius 2 is 1.89 bits per heavy atom. The van der Waals surface area contributed by atoms with Crippen LogP contribution in [0, 0.1) is 11.8 Å². The average Bonchev–Trinajstić information content (AvgIpc) is 2.48. The molecule has 19 heavy (non-hydrogen) atoms. The maximum atomic E-state index is 10.5. The van der Waals surface area contributed by atoms with Crippen molar-refractivity contribution in [2.45, 2.75) is 64.4 Å². The van der Waals surface area contributed by atoms with Crippen LogP contribution in [0.5, 0.6) is 0 Å². The maximum absolute atomic E-state index is 10.5. The largest absolute Gasteiger partial charge is 0.393 e. The normalized spacial score (nSPS) is 25.2. The molecule has 106 valence electrons. The van der Waals surface area contributed by atoms with Gasteiger partial charge in [-0.1, -0.05) is 62.9 Å². The Bertz CT molecular complexity index is 346. The first kappa shape index (κ1) is 14.6. The first-order chi connectivity index (χ1) is 9.31. The van der Waals surface area contributed by atoms with Gasteiger partial charge in [-0.25, -0.2) is 0 Å². The summed E-state index contributed by atoms with van der Waals surface area (Å²) in [6.07, 6.45) is 9.59. The molecule has 1 saturated carbocycles. The zero-order valence-electron chi connectivity index (χ0n) is 12.2. The quantitative estimate of drug-likeness (QED) is 0.793. The summed E-state index contributed by atoms with van der Waals surface area (Å²) < 4.78 is 0. The second-order valence-electron chi connectivity index (χ2n) is 6.06. The van der Waals surface area contributed by atoms with Gasteiger partial charge in [0.25, 0.3) is 0 Å². The number of rotatable bonds is 6. The van der Waals surface area contributed by atoms with Crippen LogP contribution in [0.3, 0.4) is 0 Å². The van der Waals surface area contributed by atoms with E-state index in [2.05, 4.69) is 37.3 Å². The fraction of sp³-hybridized carbons (Fsp3) is 0.667. The fourth-order valence-electron chi connectivity index (χ4n) is 3.62. The molecule has 0 spiro atoms. The molecule has 1 aliphatic rings. The highest BCUT2D eigenvalue weighted by atomic mass is 16.3. The molecule has 1 fully saturated rings. The second kappa shape index (κ2) is 7.69. The molecule has 0 radical (unpaired) electrons. The van der Waals surface area contributed by atoms with E-state index in [1.807, 2.05) is 0 Å². The third-order valence-electron chi connectivity index (χ3n) is 4.79. The van der Waals surface area contributed by atoms with E-state index < -0.39 is 0 Å². The van der Waals surface area contributed by atoms with Crippen molar-refractivity contribution in [1.29, 1.82) is 0 Å². The van der Waals surface area contributed by atoms with E-state index in [4.69, 9.17) is 0 Å². The summed E-state index contributed by atoms with van der Waals surface area (Å²) in [5.41, 5.74) is 1.39. The molecular weight excluding hydrogens is 232 g/mol. The smallest absolute Gasteiger partial charge is 0.0571 e. The van der Waals surface area contributed by atoms with Gasteiger partial charge in [0.1, 0.15) is 0 Å². The number of benzene rings is 1. The maximum Gasteiger partial charge on any atom is 0.0571 e. The lowest BCUT2D eigenvalue weighted by Crippen LogP contribution is -2.30. The van der Waals surface area contributed by atoms with Crippen molar-refractivity contribution in [2.24, 2.45) is 11.8 Å². The summed E-state index contributed by atoms with van der Waals surface area (Å²) in [5.74, 6) is 1.33. The SMILES string of the molecule is CCC1CCCCC1C(O)CCCc1ccccc1. The Hall–Kier alpha value is -0.820. The van der Waals surface area contributed by atoms with Gasteiger partial charge in [0.15, 0.2) is 0 Å². The van der Waals surface area contributed by atoms with Crippen LogP contribution in [0.1, 0.15) is 57.4 Å². The second-order valence-corrected chi connectivity index (χ2v) is 6.06. The molecule has 0 aliphatic heterocycles. The molecular formula is C18H28O. The number of hydrogen-bond donors (Lipinski definition) is 1. The minimum Gasteiger partial charge on any atom is -0.393 e. The first-order valence-corrected chi connectivity index (χ1v) is 8.03. The minimum absolute atomic E-state index is 0.0750. The third kappa shape index (κ3) is 4.35. The molecule has 1 aliphatic carbocycles. The molecule has 1 aromatic carbocycles. The van der Waals surface area contributed by atoms with Crippen molar-refractivity contribution >= 4 is 0 Å². The van der Waals surface area contributed by atoms with Gasteiger partial charge in [-0.05, 0) is 43.1 Å². The summed E-state index contributed by atoms with van der Waals surface area (Å²) in [6, 6.07) is 10.6. The first-order valence-electron chi connectivity index (χ1n) is 8.03. The minimum atomic E-state index is -0.0750. The van der Waals surface area contributed by atoms with Crippen LogP contribution >= 0.6 is 0 Å². The Kier molecular flexibility index (Phi) is 5.91. The molecule has 0 heterocycles. The van der Waals surface area contributed by atoms with Gasteiger partial charge in [-0.15, -0.1) is 0 Å². The van der Waals surface area contributed by atoms with Crippen LogP contribution in [-0.4, -0.2) is 11.2 Å². The van der Waals surface area contributed by atoms with Crippen LogP contribution in [0.25, 0.3) is 0 Å². The predicted molar refractivity (Wildman–Crippen MR) is 81.1 cm³/mol. The van der Waals surface area contributed by atoms with Gasteiger partial charge in [-0.2, -0.15) is 0 Å². The predicted octanol–water partition coefficient (Wildman–Crippen LogP) is 4.59. The molecule has 3 atom stereocenters. The Morgan fingerprint density at radius 1 is 1.16 bits per heavy atom. The molecule has 2 rings (SSSR count). The molecule has 1 heteroatoms. The molecule has 1 nitrogen and oxygen atoms in total. The highest BCUT2D eigenvalue weighted by Gasteiger charge is 2.29. The number of aliphatic hydroxyl groups excluding tert-OH is 1. The lowest BCUT2D eigenvalue weighted by molar-refractivity contribution is 0.0388. The Balaban J connectivity index is 1.75. The standard InChI is InChI=1S/C18H28O/c1-2-16-12-6-7-13-17(16)18(19)14-8-11-15-9-4-3-5-10-15/h3-5,9-10,16-19H,2,6-8,11-14H2,1H3. The highest BCUT2D eigenvalue weighted by Crippen LogP contribution is 2.35. The van der Waals surface area contributed by atoms with E-state index in [1.54, 1.807) is 0 Å². The van der Waals surface area contributed by atoms with Crippen molar-refractivity contribution < 1.29 is 5.11 Å². The molecule has 0 aromatic heterocycles. The Morgan fingerprint density at radius 3 is 2.63 bits per heavy atom. The van der Waals surface area contributed by atoms with E-state index in [9.17, 15) is 5.11 Å². The third-order valence-corrected chi connectivity index (χ3v) is 4.79. The monoisotopic (exact) mass is 260 g/mol. The highest BCUT2D eigenvalue weighted by molar-refractivity contribution is 5.14. The van der Waals surface area contributed by atoms with Crippen LogP contribution in [0.2, 0.25) is 0 Å². The van der Waals surface area contributed by atoms with E-state index >= 15 is 0 Å². The van der Waals surface area contributed by atoms with Crippen molar-refractivity contribution in [3.63, 3.8) is 0 Å². The van der Waals surface area contributed by atoms with E-state index in [1.165, 1.54) is 37.7 Å². The van der Waals surface area contributed by atoms with Gasteiger partial charge in [0.2, 0.25) is 0 Å². The van der Waals surface area contributed by atoms with Crippen molar-refractivity contribution in [2.75, 3.05) is 0 Å². The van der Waals surface area contributed by atoms with E-state index in [-0.39, 0.29) is 6.10 Å². The van der Waals surface area contributed by atoms with Crippen LogP contribution in [0.4, 0.5) is 0 Å². The van der Waals surface area contributed by atoms with Crippen LogP contribution < -0.4 is 0 Å². The summed E-state index contributed by atoms with van der Waals surface area (Å²) in [6.45, 7) is 2.28. The molecule has 1 N–H and O–H groups in total. The number of aliphatic hydroxyl groups is 1. The van der Waals surface area contributed by atoms with Gasteiger partial charge < -0.3 is 5.11 Å². The lowest BCUT2D eigenvalue weighted by Gasteiger charge is -2.34. The van der Waals surface area contributed by atoms with E-state index in [0.717, 1.165) is 25.2 Å². The summed E-state index contributed by atoms with van der Waals surface area (Å²) in [7, 11) is 0. The molecule has 3 unspecified atom stereocenters. The van der Waals surface area contributed by atoms with Gasteiger partial charge >= 0.3 is 0 Å². The number of hydrogen-bond acceptors (Lipinski definition) is 1. The fourth-order valence-corrected chi connectivity index (χ4v) is 3.62. The van der Waals surface area contributed by atoms with E-state index in [0.29, 0.717) is 5.92 Å². The van der Waals surface area contributed by atoms with Crippen molar-refractivity contribution in [3.8, 4) is 0 Å². The molecule has 1 aromatic rings. The topological polar surface area (TPSA) is 20.2 Å². The van der Waals surface area contributed by atoms with Gasteiger partial charge in [0, 0.05) is 0 Å². The molecule has 0 amide bonds. The van der Waals surface area contributed by atoms with Crippen molar-refractivity contribution in [1.82, 2.24) is 0 Å². The molecule has 0 bridgehead atoms. The zero-order chi connectivity index (χ0) is 13.5. The lowest BCUT2D eigenvalue weighted by atomic mass is 9.74. The van der Waals surface area contributed by atoms with Crippen LogP contribution in [-0.2, 0) is 6.42 Å². The zero-order valence-corrected chi connectivity index (χ0v) is 12.2. The average molecular weight is 260 g/mol. The van der Waals surface area contributed by atoms with Crippen molar-refractivity contribution in [3.05, 3.63) is 35.9 Å². The molecule has 0 saturated heterocycles. The van der Waals surface area contributed by atoms with Crippen LogP contribution in [0.15, 0.2) is 30.3 Å². The summed E-state index contributed by atoms with van der Waals surface area (Å²) in [5, 5.41) is 10.5. The Labute approximate surface area is 118 Å². The summed E-state index contributed by atoms with van der Waals surface area (Å²) in [4.78, 5) is 0.